The number of nitrogens with zero attached hydrogens (tertiary/aromatic N) is 2. The topological polar surface area (TPSA) is 97.8 Å². The smallest absolute Gasteiger partial charge is 0.318 e. The number of carbonyl (C=O) groups excluding carboxylic acids is 2. The average Bonchev–Trinajstić information content (AvgIpc) is 2.81. The molecule has 8 heteroatoms. The number of amides is 3. The van der Waals surface area contributed by atoms with Crippen LogP contribution >= 0.6 is 0 Å². The fourth-order valence-corrected chi connectivity index (χ4v) is 4.01. The Balaban J connectivity index is 1.78. The van der Waals surface area contributed by atoms with Gasteiger partial charge in [0.25, 0.3) is 0 Å². The Labute approximate surface area is 195 Å². The highest BCUT2D eigenvalue weighted by Gasteiger charge is 2.31. The first-order valence-electron chi connectivity index (χ1n) is 11.1. The molecule has 0 aliphatic carbocycles. The van der Waals surface area contributed by atoms with Gasteiger partial charge in [-0.1, -0.05) is 42.5 Å². The van der Waals surface area contributed by atoms with E-state index in [1.807, 2.05) is 48.5 Å². The molecule has 1 aliphatic rings. The number of hydrogen-bond donors (Lipinski definition) is 3. The van der Waals surface area contributed by atoms with Crippen LogP contribution in [0.25, 0.3) is 0 Å². The van der Waals surface area contributed by atoms with Crippen molar-refractivity contribution in [2.24, 2.45) is 0 Å². The molecule has 176 valence electrons. The molecular weight excluding hydrogens is 418 g/mol. The Kier molecular flexibility index (Phi) is 7.92. The number of likely N-dealkylation sites (N-methyl/N-ethyl adjacent to an activating group) is 1. The third kappa shape index (κ3) is 6.03. The van der Waals surface area contributed by atoms with Gasteiger partial charge in [0.05, 0.1) is 18.5 Å². The Bertz CT molecular complexity index is 1010. The second kappa shape index (κ2) is 10.8. The molecule has 0 saturated heterocycles. The number of ether oxygens (including phenoxy) is 1. The maximum absolute atomic E-state index is 13.2. The highest BCUT2D eigenvalue weighted by molar-refractivity contribution is 5.87. The number of nitrogens with one attached hydrogen (secondary N) is 3. The van der Waals surface area contributed by atoms with Crippen LogP contribution in [0.5, 0.6) is 5.75 Å². The fourth-order valence-electron chi connectivity index (χ4n) is 4.01. The predicted octanol–water partition coefficient (Wildman–Crippen LogP) is 2.94. The Morgan fingerprint density at radius 1 is 1.09 bits per heavy atom. The summed E-state index contributed by atoms with van der Waals surface area (Å²) in [5.41, 5.74) is 2.91. The maximum Gasteiger partial charge on any atom is 0.318 e. The summed E-state index contributed by atoms with van der Waals surface area (Å²) in [6.45, 7) is 2.71. The second-order valence-corrected chi connectivity index (χ2v) is 8.49. The van der Waals surface area contributed by atoms with Crippen LogP contribution in [0.4, 0.5) is 4.79 Å². The zero-order valence-electron chi connectivity index (χ0n) is 19.7. The molecule has 8 nitrogen and oxygen atoms in total. The number of benzene rings is 2. The first-order valence-corrected chi connectivity index (χ1v) is 11.1. The van der Waals surface area contributed by atoms with E-state index in [2.05, 4.69) is 10.6 Å². The summed E-state index contributed by atoms with van der Waals surface area (Å²) in [4.78, 5) is 29.4. The zero-order chi connectivity index (χ0) is 24.0. The molecule has 1 heterocycles. The van der Waals surface area contributed by atoms with Gasteiger partial charge in [0.15, 0.2) is 0 Å². The maximum atomic E-state index is 13.2. The standard InChI is InChI=1S/C25H33N5O3/c1-17(26)27-16-19-10-6-5-9-18(19)15-21(24(31)29(2)3)28-25(32)30(4)22-13-14-33-23-12-8-7-11-20(22)23/h5-12,21-22H,13-16H2,1-4H3,(H2,26,27)(H,28,32)/t21-,22-/m0/s1. The van der Waals surface area contributed by atoms with Gasteiger partial charge in [-0.3, -0.25) is 10.2 Å². The van der Waals surface area contributed by atoms with E-state index in [0.717, 1.165) is 22.4 Å². The summed E-state index contributed by atoms with van der Waals surface area (Å²) in [6.07, 6.45) is 1.04. The van der Waals surface area contributed by atoms with Crippen LogP contribution in [0.2, 0.25) is 0 Å². The minimum Gasteiger partial charge on any atom is -0.493 e. The van der Waals surface area contributed by atoms with E-state index in [9.17, 15) is 9.59 Å². The molecule has 0 spiro atoms. The lowest BCUT2D eigenvalue weighted by atomic mass is 9.98. The van der Waals surface area contributed by atoms with Crippen molar-refractivity contribution in [3.8, 4) is 5.75 Å². The third-order valence-corrected chi connectivity index (χ3v) is 5.84. The lowest BCUT2D eigenvalue weighted by Crippen LogP contribution is -2.52. The lowest BCUT2D eigenvalue weighted by molar-refractivity contribution is -0.130. The molecule has 0 aromatic heterocycles. The van der Waals surface area contributed by atoms with Crippen molar-refractivity contribution in [2.45, 2.75) is 38.4 Å². The Morgan fingerprint density at radius 2 is 1.76 bits per heavy atom. The molecule has 1 aliphatic heterocycles. The molecule has 0 radical (unpaired) electrons. The van der Waals surface area contributed by atoms with E-state index in [0.29, 0.717) is 31.8 Å². The molecule has 2 aromatic rings. The molecule has 3 rings (SSSR count). The van der Waals surface area contributed by atoms with Crippen molar-refractivity contribution in [2.75, 3.05) is 27.7 Å². The third-order valence-electron chi connectivity index (χ3n) is 5.84. The van der Waals surface area contributed by atoms with Crippen LogP contribution in [0, 0.1) is 5.41 Å². The molecule has 0 saturated carbocycles. The van der Waals surface area contributed by atoms with E-state index >= 15 is 0 Å². The molecule has 2 aromatic carbocycles. The summed E-state index contributed by atoms with van der Waals surface area (Å²) in [6, 6.07) is 14.4. The number of hydrogen-bond acceptors (Lipinski definition) is 4. The predicted molar refractivity (Wildman–Crippen MR) is 128 cm³/mol. The Hall–Kier alpha value is -3.55. The van der Waals surface area contributed by atoms with Crippen molar-refractivity contribution < 1.29 is 14.3 Å². The van der Waals surface area contributed by atoms with E-state index in [4.69, 9.17) is 10.1 Å². The molecule has 0 bridgehead atoms. The van der Waals surface area contributed by atoms with Crippen LogP contribution in [0.3, 0.4) is 0 Å². The van der Waals surface area contributed by atoms with E-state index in [1.165, 1.54) is 4.90 Å². The number of para-hydroxylation sites is 1. The van der Waals surface area contributed by atoms with Gasteiger partial charge in [-0.25, -0.2) is 4.79 Å². The molecule has 0 fully saturated rings. The summed E-state index contributed by atoms with van der Waals surface area (Å²) < 4.78 is 5.73. The van der Waals surface area contributed by atoms with E-state index < -0.39 is 6.04 Å². The first kappa shape index (κ1) is 24.1. The van der Waals surface area contributed by atoms with Crippen molar-refractivity contribution >= 4 is 17.8 Å². The van der Waals surface area contributed by atoms with E-state index in [-0.39, 0.29) is 18.0 Å². The largest absolute Gasteiger partial charge is 0.493 e. The highest BCUT2D eigenvalue weighted by atomic mass is 16.5. The van der Waals surface area contributed by atoms with Gasteiger partial charge in [0.2, 0.25) is 5.91 Å². The van der Waals surface area contributed by atoms with Crippen LogP contribution in [0.1, 0.15) is 36.1 Å². The van der Waals surface area contributed by atoms with Crippen LogP contribution in [-0.4, -0.2) is 61.4 Å². The minimum atomic E-state index is -0.715. The molecule has 0 unspecified atom stereocenters. The van der Waals surface area contributed by atoms with Crippen molar-refractivity contribution in [3.63, 3.8) is 0 Å². The second-order valence-electron chi connectivity index (χ2n) is 8.49. The molecule has 3 N–H and O–H groups in total. The van der Waals surface area contributed by atoms with Gasteiger partial charge in [0.1, 0.15) is 11.8 Å². The molecular formula is C25H33N5O3. The quantitative estimate of drug-likeness (QED) is 0.445. The van der Waals surface area contributed by atoms with Crippen molar-refractivity contribution in [1.29, 1.82) is 5.41 Å². The normalized spacial score (nSPS) is 15.5. The van der Waals surface area contributed by atoms with Gasteiger partial charge >= 0.3 is 6.03 Å². The number of urea groups is 1. The van der Waals surface area contributed by atoms with Gasteiger partial charge in [-0.2, -0.15) is 0 Å². The number of amidine groups is 1. The highest BCUT2D eigenvalue weighted by Crippen LogP contribution is 2.35. The zero-order valence-corrected chi connectivity index (χ0v) is 19.7. The summed E-state index contributed by atoms with van der Waals surface area (Å²) in [7, 11) is 5.13. The van der Waals surface area contributed by atoms with Crippen LogP contribution < -0.4 is 15.4 Å². The monoisotopic (exact) mass is 451 g/mol. The summed E-state index contributed by atoms with van der Waals surface area (Å²) in [5, 5.41) is 13.6. The van der Waals surface area contributed by atoms with Crippen LogP contribution in [0.15, 0.2) is 48.5 Å². The minimum absolute atomic E-state index is 0.128. The van der Waals surface area contributed by atoms with Gasteiger partial charge in [-0.05, 0) is 24.1 Å². The van der Waals surface area contributed by atoms with Crippen molar-refractivity contribution in [1.82, 2.24) is 20.4 Å². The lowest BCUT2D eigenvalue weighted by Gasteiger charge is -2.34. The Morgan fingerprint density at radius 3 is 2.45 bits per heavy atom. The van der Waals surface area contributed by atoms with Gasteiger partial charge in [-0.15, -0.1) is 0 Å². The summed E-state index contributed by atoms with van der Waals surface area (Å²) in [5.74, 6) is 0.991. The van der Waals surface area contributed by atoms with Crippen LogP contribution in [-0.2, 0) is 17.8 Å². The molecule has 3 amide bonds. The van der Waals surface area contributed by atoms with E-state index in [1.54, 1.807) is 33.0 Å². The number of carbonyl (C=O) groups is 2. The van der Waals surface area contributed by atoms with Crippen molar-refractivity contribution in [3.05, 3.63) is 65.2 Å². The van der Waals surface area contributed by atoms with Gasteiger partial charge in [0, 0.05) is 46.1 Å². The fraction of sp³-hybridized carbons (Fsp3) is 0.400. The molecule has 33 heavy (non-hydrogen) atoms. The molecule has 2 atom stereocenters. The number of rotatable bonds is 7. The average molecular weight is 452 g/mol. The summed E-state index contributed by atoms with van der Waals surface area (Å²) >= 11 is 0. The number of fused-ring (bicyclic) bond motifs is 1. The first-order chi connectivity index (χ1) is 15.8. The SMILES string of the molecule is CC(=N)NCc1ccccc1C[C@H](NC(=O)N(C)[C@H]1CCOc2ccccc21)C(=O)N(C)C. The van der Waals surface area contributed by atoms with Gasteiger partial charge < -0.3 is 25.2 Å².